The Bertz CT molecular complexity index is 75.9. The second-order valence-electron chi connectivity index (χ2n) is 1.07. The van der Waals surface area contributed by atoms with E-state index < -0.39 is 0 Å². The molecule has 0 saturated carbocycles. The minimum atomic E-state index is 0.688. The molecule has 0 fully saturated rings. The Kier molecular flexibility index (Phi) is 4.87. The van der Waals surface area contributed by atoms with Gasteiger partial charge in [0.2, 0.25) is 0 Å². The van der Waals surface area contributed by atoms with E-state index in [2.05, 4.69) is 12.0 Å². The third kappa shape index (κ3) is 5.36. The Hall–Kier alpha value is -0.640. The molecule has 0 aliphatic heterocycles. The Morgan fingerprint density at radius 3 is 2.57 bits per heavy atom. The molecule has 0 bridgehead atoms. The standard InChI is InChI=1S/C6H10O/c1-3-5-6-7-4-2/h3-4H2,1-2H3. The van der Waals surface area contributed by atoms with Crippen LogP contribution in [-0.2, 0) is 4.74 Å². The van der Waals surface area contributed by atoms with Crippen LogP contribution in [0.15, 0.2) is 0 Å². The van der Waals surface area contributed by atoms with Gasteiger partial charge in [-0.15, -0.1) is 0 Å². The first-order valence-corrected chi connectivity index (χ1v) is 2.51. The van der Waals surface area contributed by atoms with E-state index in [1.807, 2.05) is 13.8 Å². The molecule has 0 heterocycles. The Labute approximate surface area is 44.7 Å². The predicted molar refractivity (Wildman–Crippen MR) is 29.7 cm³/mol. The molecule has 40 valence electrons. The first kappa shape index (κ1) is 6.36. The summed E-state index contributed by atoms with van der Waals surface area (Å²) in [7, 11) is 0. The third-order valence-corrected chi connectivity index (χ3v) is 0.465. The van der Waals surface area contributed by atoms with E-state index >= 15 is 0 Å². The van der Waals surface area contributed by atoms with Gasteiger partial charge in [0.25, 0.3) is 0 Å². The Morgan fingerprint density at radius 2 is 2.14 bits per heavy atom. The summed E-state index contributed by atoms with van der Waals surface area (Å²) in [5, 5.41) is 0. The Morgan fingerprint density at radius 1 is 1.43 bits per heavy atom. The van der Waals surface area contributed by atoms with Gasteiger partial charge in [0.15, 0.2) is 0 Å². The molecular formula is C6H10O. The fourth-order valence-electron chi connectivity index (χ4n) is 0.195. The normalized spacial score (nSPS) is 6.57. The number of rotatable bonds is 1. The summed E-state index contributed by atoms with van der Waals surface area (Å²) in [6.07, 6.45) is 3.41. The number of ether oxygens (including phenoxy) is 1. The van der Waals surface area contributed by atoms with Crippen molar-refractivity contribution in [2.75, 3.05) is 6.61 Å². The molecule has 0 atom stereocenters. The van der Waals surface area contributed by atoms with Crippen LogP contribution in [0.3, 0.4) is 0 Å². The molecule has 0 N–H and O–H groups in total. The van der Waals surface area contributed by atoms with E-state index in [-0.39, 0.29) is 0 Å². The quantitative estimate of drug-likeness (QED) is 0.450. The van der Waals surface area contributed by atoms with Crippen LogP contribution in [0.4, 0.5) is 0 Å². The van der Waals surface area contributed by atoms with E-state index in [1.54, 1.807) is 0 Å². The highest BCUT2D eigenvalue weighted by molar-refractivity contribution is 4.89. The maximum absolute atomic E-state index is 4.71. The first-order chi connectivity index (χ1) is 3.41. The van der Waals surface area contributed by atoms with Gasteiger partial charge in [-0.1, -0.05) is 12.8 Å². The van der Waals surface area contributed by atoms with Crippen molar-refractivity contribution in [3.8, 4) is 12.0 Å². The van der Waals surface area contributed by atoms with Gasteiger partial charge < -0.3 is 4.74 Å². The average Bonchev–Trinajstić information content (AvgIpc) is 1.69. The minimum absolute atomic E-state index is 0.688. The topological polar surface area (TPSA) is 9.23 Å². The van der Waals surface area contributed by atoms with Crippen LogP contribution >= 0.6 is 0 Å². The molecule has 1 heteroatoms. The molecule has 1 nitrogen and oxygen atoms in total. The van der Waals surface area contributed by atoms with Gasteiger partial charge in [-0.05, 0) is 6.92 Å². The molecule has 0 unspecified atom stereocenters. The summed E-state index contributed by atoms with van der Waals surface area (Å²) < 4.78 is 4.71. The van der Waals surface area contributed by atoms with Crippen molar-refractivity contribution in [1.29, 1.82) is 0 Å². The van der Waals surface area contributed by atoms with Crippen molar-refractivity contribution < 1.29 is 4.74 Å². The summed E-state index contributed by atoms with van der Waals surface area (Å²) in [5.74, 6) is 2.78. The van der Waals surface area contributed by atoms with Gasteiger partial charge in [-0.2, -0.15) is 0 Å². The van der Waals surface area contributed by atoms with Crippen LogP contribution in [-0.4, -0.2) is 6.61 Å². The SMILES string of the molecule is CCC#COCC. The summed E-state index contributed by atoms with van der Waals surface area (Å²) >= 11 is 0. The zero-order chi connectivity index (χ0) is 5.54. The monoisotopic (exact) mass is 98.1 g/mol. The van der Waals surface area contributed by atoms with Crippen LogP contribution in [0.25, 0.3) is 0 Å². The van der Waals surface area contributed by atoms with Gasteiger partial charge in [-0.25, -0.2) is 0 Å². The van der Waals surface area contributed by atoms with Gasteiger partial charge >= 0.3 is 0 Å². The number of hydrogen-bond acceptors (Lipinski definition) is 1. The predicted octanol–water partition coefficient (Wildman–Crippen LogP) is 1.39. The van der Waals surface area contributed by atoms with E-state index in [9.17, 15) is 0 Å². The lowest BCUT2D eigenvalue weighted by Crippen LogP contribution is -1.75. The van der Waals surface area contributed by atoms with Gasteiger partial charge in [0, 0.05) is 6.42 Å². The fraction of sp³-hybridized carbons (Fsp3) is 0.667. The molecule has 0 radical (unpaired) electrons. The highest BCUT2D eigenvalue weighted by atomic mass is 16.5. The van der Waals surface area contributed by atoms with Crippen molar-refractivity contribution in [2.45, 2.75) is 20.3 Å². The fourth-order valence-corrected chi connectivity index (χ4v) is 0.195. The lowest BCUT2D eigenvalue weighted by atomic mass is 10.5. The van der Waals surface area contributed by atoms with Crippen molar-refractivity contribution in [2.24, 2.45) is 0 Å². The van der Waals surface area contributed by atoms with Gasteiger partial charge in [-0.3, -0.25) is 0 Å². The van der Waals surface area contributed by atoms with E-state index in [1.165, 1.54) is 0 Å². The summed E-state index contributed by atoms with van der Waals surface area (Å²) in [5.41, 5.74) is 0. The van der Waals surface area contributed by atoms with Crippen molar-refractivity contribution >= 4 is 0 Å². The lowest BCUT2D eigenvalue weighted by Gasteiger charge is -1.82. The lowest BCUT2D eigenvalue weighted by molar-refractivity contribution is 0.298. The summed E-state index contributed by atoms with van der Waals surface area (Å²) in [4.78, 5) is 0. The second kappa shape index (κ2) is 5.36. The molecular weight excluding hydrogens is 88.1 g/mol. The smallest absolute Gasteiger partial charge is 0.110 e. The second-order valence-corrected chi connectivity index (χ2v) is 1.07. The summed E-state index contributed by atoms with van der Waals surface area (Å²) in [6, 6.07) is 0. The molecule has 0 aromatic carbocycles. The molecule has 0 amide bonds. The van der Waals surface area contributed by atoms with Crippen molar-refractivity contribution in [3.63, 3.8) is 0 Å². The van der Waals surface area contributed by atoms with Crippen molar-refractivity contribution in [1.82, 2.24) is 0 Å². The maximum Gasteiger partial charge on any atom is 0.110 e. The third-order valence-electron chi connectivity index (χ3n) is 0.465. The molecule has 0 aromatic heterocycles. The van der Waals surface area contributed by atoms with E-state index in [4.69, 9.17) is 4.74 Å². The minimum Gasteiger partial charge on any atom is -0.447 e. The maximum atomic E-state index is 4.71. The number of hydrogen-bond donors (Lipinski definition) is 0. The van der Waals surface area contributed by atoms with Crippen molar-refractivity contribution in [3.05, 3.63) is 0 Å². The molecule has 0 aromatic rings. The molecule has 0 aliphatic carbocycles. The highest BCUT2D eigenvalue weighted by Gasteiger charge is 1.62. The zero-order valence-corrected chi connectivity index (χ0v) is 4.82. The van der Waals surface area contributed by atoms with E-state index in [0.29, 0.717) is 6.61 Å². The van der Waals surface area contributed by atoms with Crippen LogP contribution in [0.1, 0.15) is 20.3 Å². The van der Waals surface area contributed by atoms with Gasteiger partial charge in [0.05, 0.1) is 6.61 Å². The molecule has 0 saturated heterocycles. The largest absolute Gasteiger partial charge is 0.447 e. The van der Waals surface area contributed by atoms with E-state index in [0.717, 1.165) is 6.42 Å². The van der Waals surface area contributed by atoms with Crippen LogP contribution in [0, 0.1) is 12.0 Å². The molecule has 7 heavy (non-hydrogen) atoms. The zero-order valence-electron chi connectivity index (χ0n) is 4.82. The Balaban J connectivity index is 2.91. The molecule has 0 rings (SSSR count). The molecule has 0 spiro atoms. The summed E-state index contributed by atoms with van der Waals surface area (Å²) in [6.45, 7) is 4.60. The first-order valence-electron chi connectivity index (χ1n) is 2.51. The highest BCUT2D eigenvalue weighted by Crippen LogP contribution is 1.68. The van der Waals surface area contributed by atoms with Crippen LogP contribution < -0.4 is 0 Å². The van der Waals surface area contributed by atoms with Crippen LogP contribution in [0.5, 0.6) is 0 Å². The average molecular weight is 98.1 g/mol. The van der Waals surface area contributed by atoms with Gasteiger partial charge in [0.1, 0.15) is 6.11 Å². The molecule has 0 aliphatic rings. The van der Waals surface area contributed by atoms with Crippen LogP contribution in [0.2, 0.25) is 0 Å².